The first-order chi connectivity index (χ1) is 14.5. The van der Waals surface area contributed by atoms with Crippen molar-refractivity contribution in [3.8, 4) is 5.75 Å². The summed E-state index contributed by atoms with van der Waals surface area (Å²) in [5.74, 6) is 1.88. The summed E-state index contributed by atoms with van der Waals surface area (Å²) in [5, 5.41) is 2.90. The third-order valence-electron chi connectivity index (χ3n) is 5.19. The molecule has 30 heavy (non-hydrogen) atoms. The van der Waals surface area contributed by atoms with Crippen LogP contribution in [0.15, 0.2) is 54.6 Å². The number of amides is 1. The van der Waals surface area contributed by atoms with E-state index >= 15 is 0 Å². The SMILES string of the molecule is C=C(C)C(=O)NCCc1nc2ccccc2n1CCCCOc1c(C)cccc1C. The molecule has 0 atom stereocenters. The van der Waals surface area contributed by atoms with Crippen molar-refractivity contribution in [3.63, 3.8) is 0 Å². The van der Waals surface area contributed by atoms with Gasteiger partial charge in [0, 0.05) is 25.1 Å². The number of hydrogen-bond acceptors (Lipinski definition) is 3. The van der Waals surface area contributed by atoms with Gasteiger partial charge in [-0.05, 0) is 56.9 Å². The standard InChI is InChI=1S/C25H31N3O2/c1-18(2)25(29)26-15-14-23-27-21-12-5-6-13-22(21)28(23)16-7-8-17-30-24-19(3)10-9-11-20(24)4/h5-6,9-13H,1,7-8,14-17H2,2-4H3,(H,26,29). The first kappa shape index (κ1) is 21.6. The molecule has 1 heterocycles. The van der Waals surface area contributed by atoms with Gasteiger partial charge in [0.1, 0.15) is 11.6 Å². The van der Waals surface area contributed by atoms with Crippen LogP contribution in [0.2, 0.25) is 0 Å². The van der Waals surface area contributed by atoms with E-state index in [1.807, 2.05) is 18.2 Å². The fourth-order valence-electron chi connectivity index (χ4n) is 3.58. The lowest BCUT2D eigenvalue weighted by Gasteiger charge is -2.13. The molecular weight excluding hydrogens is 374 g/mol. The van der Waals surface area contributed by atoms with E-state index in [1.165, 1.54) is 11.1 Å². The molecule has 0 spiro atoms. The van der Waals surface area contributed by atoms with Crippen molar-refractivity contribution in [2.45, 2.75) is 46.6 Å². The second-order valence-corrected chi connectivity index (χ2v) is 7.73. The summed E-state index contributed by atoms with van der Waals surface area (Å²) in [6.07, 6.45) is 2.65. The number of unbranched alkanes of at least 4 members (excludes halogenated alkanes) is 1. The number of imidazole rings is 1. The normalized spacial score (nSPS) is 10.9. The Morgan fingerprint density at radius 3 is 2.57 bits per heavy atom. The van der Waals surface area contributed by atoms with E-state index in [0.29, 0.717) is 25.1 Å². The van der Waals surface area contributed by atoms with Gasteiger partial charge in [0.05, 0.1) is 17.6 Å². The molecule has 2 aromatic carbocycles. The number of hydrogen-bond donors (Lipinski definition) is 1. The summed E-state index contributed by atoms with van der Waals surface area (Å²) < 4.78 is 8.30. The van der Waals surface area contributed by atoms with Crippen LogP contribution in [-0.2, 0) is 17.8 Å². The lowest BCUT2D eigenvalue weighted by molar-refractivity contribution is -0.117. The predicted octanol–water partition coefficient (Wildman–Crippen LogP) is 4.75. The molecule has 3 rings (SSSR count). The number of para-hydroxylation sites is 3. The Balaban J connectivity index is 1.59. The zero-order valence-electron chi connectivity index (χ0n) is 18.2. The molecule has 5 nitrogen and oxygen atoms in total. The van der Waals surface area contributed by atoms with Crippen molar-refractivity contribution in [2.24, 2.45) is 0 Å². The summed E-state index contributed by atoms with van der Waals surface area (Å²) in [5.41, 5.74) is 5.00. The van der Waals surface area contributed by atoms with Gasteiger partial charge in [-0.15, -0.1) is 0 Å². The number of nitrogens with zero attached hydrogens (tertiary/aromatic N) is 2. The fraction of sp³-hybridized carbons (Fsp3) is 0.360. The highest BCUT2D eigenvalue weighted by Crippen LogP contribution is 2.23. The number of rotatable bonds is 10. The molecule has 0 bridgehead atoms. The maximum absolute atomic E-state index is 11.7. The van der Waals surface area contributed by atoms with Crippen LogP contribution in [0.3, 0.4) is 0 Å². The highest BCUT2D eigenvalue weighted by Gasteiger charge is 2.11. The van der Waals surface area contributed by atoms with Crippen molar-refractivity contribution >= 4 is 16.9 Å². The zero-order chi connectivity index (χ0) is 21.5. The van der Waals surface area contributed by atoms with Crippen LogP contribution >= 0.6 is 0 Å². The number of nitrogens with one attached hydrogen (secondary N) is 1. The van der Waals surface area contributed by atoms with E-state index in [2.05, 4.69) is 54.6 Å². The van der Waals surface area contributed by atoms with E-state index in [0.717, 1.165) is 42.0 Å². The molecule has 0 radical (unpaired) electrons. The molecule has 0 aliphatic carbocycles. The van der Waals surface area contributed by atoms with Crippen LogP contribution in [0, 0.1) is 13.8 Å². The molecule has 1 N–H and O–H groups in total. The first-order valence-electron chi connectivity index (χ1n) is 10.5. The Hall–Kier alpha value is -3.08. The van der Waals surface area contributed by atoms with Gasteiger partial charge in [0.15, 0.2) is 0 Å². The van der Waals surface area contributed by atoms with E-state index in [1.54, 1.807) is 6.92 Å². The topological polar surface area (TPSA) is 56.2 Å². The van der Waals surface area contributed by atoms with Gasteiger partial charge in [-0.2, -0.15) is 0 Å². The van der Waals surface area contributed by atoms with E-state index in [9.17, 15) is 4.79 Å². The molecular formula is C25H31N3O2. The molecule has 0 saturated carbocycles. The quantitative estimate of drug-likeness (QED) is 0.391. The first-order valence-corrected chi connectivity index (χ1v) is 10.5. The van der Waals surface area contributed by atoms with Gasteiger partial charge < -0.3 is 14.6 Å². The van der Waals surface area contributed by atoms with Gasteiger partial charge >= 0.3 is 0 Å². The predicted molar refractivity (Wildman–Crippen MR) is 122 cm³/mol. The maximum Gasteiger partial charge on any atom is 0.246 e. The van der Waals surface area contributed by atoms with Crippen LogP contribution in [0.5, 0.6) is 5.75 Å². The van der Waals surface area contributed by atoms with Crippen LogP contribution < -0.4 is 10.1 Å². The molecule has 0 unspecified atom stereocenters. The monoisotopic (exact) mass is 405 g/mol. The van der Waals surface area contributed by atoms with Crippen molar-refractivity contribution < 1.29 is 9.53 Å². The molecule has 5 heteroatoms. The number of aryl methyl sites for hydroxylation is 3. The van der Waals surface area contributed by atoms with Crippen molar-refractivity contribution in [2.75, 3.05) is 13.2 Å². The number of carbonyl (C=O) groups is 1. The number of carbonyl (C=O) groups excluding carboxylic acids is 1. The van der Waals surface area contributed by atoms with E-state index in [-0.39, 0.29) is 5.91 Å². The highest BCUT2D eigenvalue weighted by atomic mass is 16.5. The summed E-state index contributed by atoms with van der Waals surface area (Å²) in [6.45, 7) is 11.7. The lowest BCUT2D eigenvalue weighted by atomic mass is 10.1. The molecule has 1 amide bonds. The minimum Gasteiger partial charge on any atom is -0.493 e. The average molecular weight is 406 g/mol. The average Bonchev–Trinajstić information content (AvgIpc) is 3.07. The maximum atomic E-state index is 11.7. The highest BCUT2D eigenvalue weighted by molar-refractivity contribution is 5.92. The molecule has 1 aromatic heterocycles. The number of benzene rings is 2. The summed E-state index contributed by atoms with van der Waals surface area (Å²) in [4.78, 5) is 16.5. The fourth-order valence-corrected chi connectivity index (χ4v) is 3.58. The van der Waals surface area contributed by atoms with E-state index in [4.69, 9.17) is 9.72 Å². The van der Waals surface area contributed by atoms with E-state index < -0.39 is 0 Å². The Morgan fingerprint density at radius 2 is 1.83 bits per heavy atom. The number of fused-ring (bicyclic) bond motifs is 1. The van der Waals surface area contributed by atoms with Crippen molar-refractivity contribution in [3.05, 3.63) is 71.6 Å². The van der Waals surface area contributed by atoms with Gasteiger partial charge in [-0.3, -0.25) is 4.79 Å². The van der Waals surface area contributed by atoms with Gasteiger partial charge in [0.25, 0.3) is 0 Å². The van der Waals surface area contributed by atoms with Crippen molar-refractivity contribution in [1.29, 1.82) is 0 Å². The second kappa shape index (κ2) is 10.1. The van der Waals surface area contributed by atoms with Crippen LogP contribution in [-0.4, -0.2) is 28.6 Å². The number of ether oxygens (including phenoxy) is 1. The van der Waals surface area contributed by atoms with Crippen LogP contribution in [0.4, 0.5) is 0 Å². The molecule has 0 fully saturated rings. The molecule has 0 saturated heterocycles. The number of aromatic nitrogens is 2. The molecule has 0 aliphatic heterocycles. The molecule has 3 aromatic rings. The molecule has 158 valence electrons. The third kappa shape index (κ3) is 5.29. The van der Waals surface area contributed by atoms with Crippen LogP contribution in [0.25, 0.3) is 11.0 Å². The largest absolute Gasteiger partial charge is 0.493 e. The Morgan fingerprint density at radius 1 is 1.10 bits per heavy atom. The second-order valence-electron chi connectivity index (χ2n) is 7.73. The Kier molecular flexibility index (Phi) is 7.28. The minimum absolute atomic E-state index is 0.110. The smallest absolute Gasteiger partial charge is 0.246 e. The summed E-state index contributed by atoms with van der Waals surface area (Å²) in [6, 6.07) is 14.4. The van der Waals surface area contributed by atoms with Crippen LogP contribution in [0.1, 0.15) is 36.7 Å². The Labute approximate surface area is 178 Å². The van der Waals surface area contributed by atoms with Gasteiger partial charge in [0.2, 0.25) is 5.91 Å². The third-order valence-corrected chi connectivity index (χ3v) is 5.19. The minimum atomic E-state index is -0.110. The Bertz CT molecular complexity index is 1020. The summed E-state index contributed by atoms with van der Waals surface area (Å²) >= 11 is 0. The van der Waals surface area contributed by atoms with Crippen molar-refractivity contribution in [1.82, 2.24) is 14.9 Å². The lowest BCUT2D eigenvalue weighted by Crippen LogP contribution is -2.26. The zero-order valence-corrected chi connectivity index (χ0v) is 18.2. The molecule has 0 aliphatic rings. The summed E-state index contributed by atoms with van der Waals surface area (Å²) in [7, 11) is 0. The van der Waals surface area contributed by atoms with Gasteiger partial charge in [-0.25, -0.2) is 4.98 Å². The van der Waals surface area contributed by atoms with Gasteiger partial charge in [-0.1, -0.05) is 36.9 Å².